The van der Waals surface area contributed by atoms with Gasteiger partial charge in [-0.15, -0.1) is 0 Å². The molecule has 1 aliphatic rings. The van der Waals surface area contributed by atoms with E-state index in [4.69, 9.17) is 15.0 Å². The number of benzene rings is 9. The van der Waals surface area contributed by atoms with Crippen molar-refractivity contribution in [2.24, 2.45) is 0 Å². The second kappa shape index (κ2) is 13.4. The summed E-state index contributed by atoms with van der Waals surface area (Å²) in [6.07, 6.45) is 2.29. The molecule has 13 rings (SSSR count). The van der Waals surface area contributed by atoms with Gasteiger partial charge in [0.05, 0.1) is 22.1 Å². The molecular formula is C59H45N5. The quantitative estimate of drug-likeness (QED) is 0.166. The third kappa shape index (κ3) is 5.40. The fourth-order valence-corrected chi connectivity index (χ4v) is 11.0. The monoisotopic (exact) mass is 823 g/mol. The third-order valence-electron chi connectivity index (χ3n) is 14.4. The maximum Gasteiger partial charge on any atom is 0.238 e. The molecule has 306 valence electrons. The molecule has 0 N–H and O–H groups in total. The zero-order chi connectivity index (χ0) is 42.9. The van der Waals surface area contributed by atoms with Gasteiger partial charge in [0.25, 0.3) is 0 Å². The minimum Gasteiger partial charge on any atom is -0.309 e. The first-order valence-corrected chi connectivity index (χ1v) is 22.5. The number of para-hydroxylation sites is 1. The van der Waals surface area contributed by atoms with E-state index in [0.29, 0.717) is 17.6 Å². The average molecular weight is 824 g/mol. The molecule has 12 aromatic rings. The number of hydrogen-bond acceptors (Lipinski definition) is 3. The molecule has 0 atom stereocenters. The van der Waals surface area contributed by atoms with Gasteiger partial charge in [-0.3, -0.25) is 4.57 Å². The Balaban J connectivity index is 1.17. The van der Waals surface area contributed by atoms with Gasteiger partial charge in [-0.25, -0.2) is 4.98 Å². The van der Waals surface area contributed by atoms with Crippen molar-refractivity contribution in [3.05, 3.63) is 187 Å². The maximum atomic E-state index is 5.47. The van der Waals surface area contributed by atoms with Crippen molar-refractivity contribution in [2.75, 3.05) is 0 Å². The predicted octanol–water partition coefficient (Wildman–Crippen LogP) is 15.2. The Bertz CT molecular complexity index is 3890. The topological polar surface area (TPSA) is 48.5 Å². The Morgan fingerprint density at radius 2 is 1.02 bits per heavy atom. The van der Waals surface area contributed by atoms with Gasteiger partial charge in [0.15, 0.2) is 11.6 Å². The summed E-state index contributed by atoms with van der Waals surface area (Å²) in [4.78, 5) is 16.1. The summed E-state index contributed by atoms with van der Waals surface area (Å²) in [7, 11) is 0. The molecular weight excluding hydrogens is 779 g/mol. The van der Waals surface area contributed by atoms with Crippen LogP contribution in [0.25, 0.3) is 110 Å². The van der Waals surface area contributed by atoms with Crippen molar-refractivity contribution in [3.8, 4) is 34.4 Å². The first kappa shape index (κ1) is 37.0. The molecule has 5 heteroatoms. The van der Waals surface area contributed by atoms with Gasteiger partial charge >= 0.3 is 0 Å². The van der Waals surface area contributed by atoms with Gasteiger partial charge in [-0.1, -0.05) is 167 Å². The molecule has 0 spiro atoms. The highest BCUT2D eigenvalue weighted by atomic mass is 15.2. The molecule has 0 amide bonds. The van der Waals surface area contributed by atoms with Crippen LogP contribution in [0.2, 0.25) is 0 Å². The van der Waals surface area contributed by atoms with Crippen LogP contribution in [0.15, 0.2) is 176 Å². The van der Waals surface area contributed by atoms with Crippen LogP contribution in [0.3, 0.4) is 0 Å². The molecule has 0 saturated carbocycles. The Labute approximate surface area is 371 Å². The largest absolute Gasteiger partial charge is 0.309 e. The Kier molecular flexibility index (Phi) is 7.76. The summed E-state index contributed by atoms with van der Waals surface area (Å²) in [5.41, 5.74) is 10.6. The summed E-state index contributed by atoms with van der Waals surface area (Å²) in [6.45, 7) is 9.73. The molecule has 0 aliphatic heterocycles. The lowest BCUT2D eigenvalue weighted by Crippen LogP contribution is -2.34. The Hall–Kier alpha value is -7.63. The van der Waals surface area contributed by atoms with Crippen LogP contribution in [-0.2, 0) is 10.8 Å². The molecule has 0 unspecified atom stereocenters. The van der Waals surface area contributed by atoms with Crippen LogP contribution in [0, 0.1) is 0 Å². The summed E-state index contributed by atoms with van der Waals surface area (Å²) in [6, 6.07) is 63.7. The highest BCUT2D eigenvalue weighted by molar-refractivity contribution is 6.25. The van der Waals surface area contributed by atoms with E-state index in [0.717, 1.165) is 46.2 Å². The van der Waals surface area contributed by atoms with Crippen molar-refractivity contribution in [3.63, 3.8) is 0 Å². The summed E-state index contributed by atoms with van der Waals surface area (Å²) in [5.74, 6) is 1.84. The normalized spacial score (nSPS) is 14.7. The molecule has 0 saturated heterocycles. The second-order valence-corrected chi connectivity index (χ2v) is 19.1. The zero-order valence-corrected chi connectivity index (χ0v) is 36.4. The Morgan fingerprint density at radius 1 is 0.406 bits per heavy atom. The molecule has 0 fully saturated rings. The SMILES string of the molecule is CC1(C)CCC(C)(C)c2c1ccc1c3cc4c5c6ccccc6ccc5n(-c5nc(-c6ccccc6)nc(-c6ccc7ccc8ccccc8c7c6)n5)c4cc3n(-c3ccccc3)c21. The maximum absolute atomic E-state index is 5.47. The number of fused-ring (bicyclic) bond motifs is 13. The van der Waals surface area contributed by atoms with Gasteiger partial charge in [0.2, 0.25) is 5.95 Å². The summed E-state index contributed by atoms with van der Waals surface area (Å²) >= 11 is 0. The Morgan fingerprint density at radius 3 is 1.80 bits per heavy atom. The molecule has 9 aromatic carbocycles. The van der Waals surface area contributed by atoms with E-state index in [9.17, 15) is 0 Å². The minimum absolute atomic E-state index is 0.00694. The molecule has 0 radical (unpaired) electrons. The number of nitrogens with zero attached hydrogens (tertiary/aromatic N) is 5. The summed E-state index contributed by atoms with van der Waals surface area (Å²) in [5, 5.41) is 12.1. The second-order valence-electron chi connectivity index (χ2n) is 19.1. The summed E-state index contributed by atoms with van der Waals surface area (Å²) < 4.78 is 4.83. The van der Waals surface area contributed by atoms with E-state index in [1.165, 1.54) is 70.5 Å². The van der Waals surface area contributed by atoms with Crippen LogP contribution in [0.4, 0.5) is 0 Å². The molecule has 0 bridgehead atoms. The van der Waals surface area contributed by atoms with Crippen LogP contribution in [0.1, 0.15) is 51.7 Å². The fraction of sp³-hybridized carbons (Fsp3) is 0.136. The highest BCUT2D eigenvalue weighted by Gasteiger charge is 2.40. The number of hydrogen-bond donors (Lipinski definition) is 0. The van der Waals surface area contributed by atoms with E-state index in [1.807, 2.05) is 18.2 Å². The van der Waals surface area contributed by atoms with Crippen molar-refractivity contribution >= 4 is 75.9 Å². The van der Waals surface area contributed by atoms with Crippen LogP contribution < -0.4 is 0 Å². The minimum atomic E-state index is -0.00694. The lowest BCUT2D eigenvalue weighted by atomic mass is 9.62. The third-order valence-corrected chi connectivity index (χ3v) is 14.4. The zero-order valence-electron chi connectivity index (χ0n) is 36.4. The molecule has 3 aromatic heterocycles. The van der Waals surface area contributed by atoms with Crippen molar-refractivity contribution in [1.82, 2.24) is 24.1 Å². The van der Waals surface area contributed by atoms with Crippen molar-refractivity contribution < 1.29 is 0 Å². The van der Waals surface area contributed by atoms with E-state index < -0.39 is 0 Å². The van der Waals surface area contributed by atoms with E-state index in [1.54, 1.807) is 0 Å². The van der Waals surface area contributed by atoms with Gasteiger partial charge < -0.3 is 4.57 Å². The fourth-order valence-electron chi connectivity index (χ4n) is 11.0. The van der Waals surface area contributed by atoms with Crippen LogP contribution in [0.5, 0.6) is 0 Å². The lowest BCUT2D eigenvalue weighted by molar-refractivity contribution is 0.334. The number of aromatic nitrogens is 5. The number of rotatable bonds is 4. The van der Waals surface area contributed by atoms with Gasteiger partial charge in [0.1, 0.15) is 0 Å². The lowest BCUT2D eigenvalue weighted by Gasteiger charge is -2.42. The first-order valence-electron chi connectivity index (χ1n) is 22.5. The van der Waals surface area contributed by atoms with Crippen molar-refractivity contribution in [1.29, 1.82) is 0 Å². The van der Waals surface area contributed by atoms with Crippen LogP contribution >= 0.6 is 0 Å². The van der Waals surface area contributed by atoms with Gasteiger partial charge in [-0.05, 0) is 104 Å². The van der Waals surface area contributed by atoms with Crippen molar-refractivity contribution in [2.45, 2.75) is 51.4 Å². The first-order chi connectivity index (χ1) is 31.2. The van der Waals surface area contributed by atoms with Crippen LogP contribution in [-0.4, -0.2) is 24.1 Å². The van der Waals surface area contributed by atoms with Gasteiger partial charge in [0, 0.05) is 38.4 Å². The van der Waals surface area contributed by atoms with E-state index in [2.05, 4.69) is 195 Å². The predicted molar refractivity (Wildman–Crippen MR) is 267 cm³/mol. The molecule has 64 heavy (non-hydrogen) atoms. The molecule has 1 aliphatic carbocycles. The van der Waals surface area contributed by atoms with Gasteiger partial charge in [-0.2, -0.15) is 9.97 Å². The van der Waals surface area contributed by atoms with E-state index in [-0.39, 0.29) is 10.8 Å². The van der Waals surface area contributed by atoms with E-state index >= 15 is 0 Å². The smallest absolute Gasteiger partial charge is 0.238 e. The standard InChI is InChI=1S/C59H45N5/c1-58(2)31-32-59(3,4)53-48(58)29-28-44-46-34-47-51(35-50(46)63(54(44)53)41-19-9-6-10-20-41)64(49-30-27-37-16-12-14-22-43(37)52(47)49)57-61-55(39-17-7-5-8-18-39)60-56(62-57)40-26-25-38-24-23-36-15-11-13-21-42(36)45(38)33-40/h5-30,33-35H,31-32H2,1-4H3. The molecule has 3 heterocycles. The average Bonchev–Trinajstić information content (AvgIpc) is 3.84. The molecule has 5 nitrogen and oxygen atoms in total. The highest BCUT2D eigenvalue weighted by Crippen LogP contribution is 2.51.